The van der Waals surface area contributed by atoms with Crippen molar-refractivity contribution in [3.8, 4) is 0 Å². The fourth-order valence-electron chi connectivity index (χ4n) is 2.94. The second-order valence-corrected chi connectivity index (χ2v) is 6.36. The Labute approximate surface area is 123 Å². The molecule has 0 bridgehead atoms. The van der Waals surface area contributed by atoms with Crippen LogP contribution in [0.2, 0.25) is 0 Å². The Kier molecular flexibility index (Phi) is 4.87. The molecular formula is C18H28O2. The van der Waals surface area contributed by atoms with Crippen LogP contribution in [0.3, 0.4) is 0 Å². The summed E-state index contributed by atoms with van der Waals surface area (Å²) in [6.07, 6.45) is 4.36. The van der Waals surface area contributed by atoms with Gasteiger partial charge in [0.15, 0.2) is 0 Å². The van der Waals surface area contributed by atoms with Gasteiger partial charge >= 0.3 is 0 Å². The summed E-state index contributed by atoms with van der Waals surface area (Å²) in [6, 6.07) is 8.41. The quantitative estimate of drug-likeness (QED) is 0.753. The van der Waals surface area contributed by atoms with Crippen LogP contribution in [0.1, 0.15) is 57.6 Å². The van der Waals surface area contributed by atoms with Crippen molar-refractivity contribution in [3.63, 3.8) is 0 Å². The van der Waals surface area contributed by atoms with Crippen LogP contribution in [-0.2, 0) is 16.1 Å². The highest BCUT2D eigenvalue weighted by Gasteiger charge is 2.44. The van der Waals surface area contributed by atoms with Gasteiger partial charge in [0, 0.05) is 0 Å². The third-order valence-electron chi connectivity index (χ3n) is 4.85. The van der Waals surface area contributed by atoms with Crippen molar-refractivity contribution in [1.29, 1.82) is 0 Å². The maximum atomic E-state index is 6.38. The Morgan fingerprint density at radius 1 is 1.15 bits per heavy atom. The van der Waals surface area contributed by atoms with Gasteiger partial charge in [0.05, 0.1) is 24.4 Å². The van der Waals surface area contributed by atoms with Crippen LogP contribution in [0, 0.1) is 6.92 Å². The number of hydrogen-bond acceptors (Lipinski definition) is 2. The molecule has 0 N–H and O–H groups in total. The smallest absolute Gasteiger partial charge is 0.0920 e. The Bertz CT molecular complexity index is 443. The van der Waals surface area contributed by atoms with E-state index in [9.17, 15) is 0 Å². The normalized spacial score (nSPS) is 29.8. The lowest BCUT2D eigenvalue weighted by atomic mass is 9.94. The van der Waals surface area contributed by atoms with Gasteiger partial charge in [0.2, 0.25) is 0 Å². The average Bonchev–Trinajstić information content (AvgIpc) is 2.80. The molecule has 2 atom stereocenters. The van der Waals surface area contributed by atoms with Crippen LogP contribution in [0.25, 0.3) is 0 Å². The van der Waals surface area contributed by atoms with Crippen molar-refractivity contribution in [2.24, 2.45) is 0 Å². The van der Waals surface area contributed by atoms with E-state index >= 15 is 0 Å². The van der Waals surface area contributed by atoms with Gasteiger partial charge < -0.3 is 9.47 Å². The van der Waals surface area contributed by atoms with Crippen molar-refractivity contribution >= 4 is 0 Å². The highest BCUT2D eigenvalue weighted by Crippen LogP contribution is 2.41. The van der Waals surface area contributed by atoms with Crippen molar-refractivity contribution in [2.75, 3.05) is 6.61 Å². The van der Waals surface area contributed by atoms with Crippen molar-refractivity contribution < 1.29 is 9.47 Å². The Morgan fingerprint density at radius 3 is 2.50 bits per heavy atom. The standard InChI is InChI=1S/C18H28O2/c1-5-17(4)11-12-18(6-2,20-17)14-19-13-16-10-8-7-9-15(16)3/h7-10H,5-6,11-14H2,1-4H3. The predicted molar refractivity (Wildman–Crippen MR) is 82.9 cm³/mol. The van der Waals surface area contributed by atoms with Crippen molar-refractivity contribution in [1.82, 2.24) is 0 Å². The molecule has 1 aliphatic heterocycles. The fraction of sp³-hybridized carbons (Fsp3) is 0.667. The molecule has 0 radical (unpaired) electrons. The molecular weight excluding hydrogens is 248 g/mol. The van der Waals surface area contributed by atoms with Gasteiger partial charge in [-0.2, -0.15) is 0 Å². The van der Waals surface area contributed by atoms with Crippen LogP contribution < -0.4 is 0 Å². The van der Waals surface area contributed by atoms with Gasteiger partial charge in [-0.05, 0) is 50.7 Å². The average molecular weight is 276 g/mol. The zero-order chi connectivity index (χ0) is 14.6. The molecule has 20 heavy (non-hydrogen) atoms. The summed E-state index contributed by atoms with van der Waals surface area (Å²) in [6.45, 7) is 10.2. The van der Waals surface area contributed by atoms with E-state index in [-0.39, 0.29) is 11.2 Å². The van der Waals surface area contributed by atoms with E-state index in [0.717, 1.165) is 25.7 Å². The molecule has 2 unspecified atom stereocenters. The first-order valence-electron chi connectivity index (χ1n) is 7.85. The molecule has 1 aliphatic rings. The Hall–Kier alpha value is -0.860. The monoisotopic (exact) mass is 276 g/mol. The third-order valence-corrected chi connectivity index (χ3v) is 4.85. The molecule has 0 aliphatic carbocycles. The summed E-state index contributed by atoms with van der Waals surface area (Å²) in [5.74, 6) is 0. The highest BCUT2D eigenvalue weighted by atomic mass is 16.6. The Balaban J connectivity index is 1.91. The molecule has 2 heteroatoms. The minimum absolute atomic E-state index is 0.0437. The second-order valence-electron chi connectivity index (χ2n) is 6.36. The van der Waals surface area contributed by atoms with E-state index in [2.05, 4.69) is 52.0 Å². The summed E-state index contributed by atoms with van der Waals surface area (Å²) in [4.78, 5) is 0. The fourth-order valence-corrected chi connectivity index (χ4v) is 2.94. The van der Waals surface area contributed by atoms with Crippen molar-refractivity contribution in [3.05, 3.63) is 35.4 Å². The molecule has 2 rings (SSSR count). The lowest BCUT2D eigenvalue weighted by Gasteiger charge is -2.32. The highest BCUT2D eigenvalue weighted by molar-refractivity contribution is 5.24. The van der Waals surface area contributed by atoms with Gasteiger partial charge in [0.25, 0.3) is 0 Å². The predicted octanol–water partition coefficient (Wildman–Crippen LogP) is 4.64. The molecule has 0 spiro atoms. The first-order valence-corrected chi connectivity index (χ1v) is 7.85. The van der Waals surface area contributed by atoms with Crippen LogP contribution in [-0.4, -0.2) is 17.8 Å². The molecule has 1 saturated heterocycles. The van der Waals surface area contributed by atoms with E-state index in [4.69, 9.17) is 9.47 Å². The first-order chi connectivity index (χ1) is 9.52. The van der Waals surface area contributed by atoms with E-state index in [0.29, 0.717) is 13.2 Å². The zero-order valence-electron chi connectivity index (χ0n) is 13.4. The van der Waals surface area contributed by atoms with Gasteiger partial charge in [-0.3, -0.25) is 0 Å². The van der Waals surface area contributed by atoms with E-state index in [1.165, 1.54) is 11.1 Å². The number of ether oxygens (including phenoxy) is 2. The van der Waals surface area contributed by atoms with Gasteiger partial charge in [-0.25, -0.2) is 0 Å². The lowest BCUT2D eigenvalue weighted by Crippen LogP contribution is -2.37. The summed E-state index contributed by atoms with van der Waals surface area (Å²) >= 11 is 0. The maximum absolute atomic E-state index is 6.38. The van der Waals surface area contributed by atoms with E-state index < -0.39 is 0 Å². The lowest BCUT2D eigenvalue weighted by molar-refractivity contribution is -0.134. The minimum atomic E-state index is -0.0759. The molecule has 2 nitrogen and oxygen atoms in total. The van der Waals surface area contributed by atoms with Gasteiger partial charge in [-0.15, -0.1) is 0 Å². The molecule has 1 aromatic rings. The number of benzene rings is 1. The van der Waals surface area contributed by atoms with Gasteiger partial charge in [0.1, 0.15) is 0 Å². The number of hydrogen-bond donors (Lipinski definition) is 0. The van der Waals surface area contributed by atoms with Crippen LogP contribution in [0.4, 0.5) is 0 Å². The molecule has 1 heterocycles. The summed E-state index contributed by atoms with van der Waals surface area (Å²) < 4.78 is 12.4. The molecule has 0 amide bonds. The second kappa shape index (κ2) is 6.28. The number of rotatable bonds is 6. The van der Waals surface area contributed by atoms with Gasteiger partial charge in [-0.1, -0.05) is 38.1 Å². The Morgan fingerprint density at radius 2 is 1.90 bits per heavy atom. The zero-order valence-corrected chi connectivity index (χ0v) is 13.4. The summed E-state index contributed by atoms with van der Waals surface area (Å²) in [7, 11) is 0. The SMILES string of the molecule is CCC1(C)CCC(CC)(COCc2ccccc2C)O1. The van der Waals surface area contributed by atoms with Crippen LogP contribution in [0.15, 0.2) is 24.3 Å². The first kappa shape index (κ1) is 15.5. The van der Waals surface area contributed by atoms with Crippen molar-refractivity contribution in [2.45, 2.75) is 71.2 Å². The van der Waals surface area contributed by atoms with Crippen LogP contribution in [0.5, 0.6) is 0 Å². The number of aryl methyl sites for hydroxylation is 1. The third kappa shape index (κ3) is 3.42. The van der Waals surface area contributed by atoms with Crippen LogP contribution >= 0.6 is 0 Å². The molecule has 0 aromatic heterocycles. The largest absolute Gasteiger partial charge is 0.374 e. The molecule has 112 valence electrons. The van der Waals surface area contributed by atoms with E-state index in [1.807, 2.05) is 0 Å². The summed E-state index contributed by atoms with van der Waals surface area (Å²) in [5.41, 5.74) is 2.54. The summed E-state index contributed by atoms with van der Waals surface area (Å²) in [5, 5.41) is 0. The molecule has 1 aromatic carbocycles. The maximum Gasteiger partial charge on any atom is 0.0920 e. The molecule has 0 saturated carbocycles. The topological polar surface area (TPSA) is 18.5 Å². The van der Waals surface area contributed by atoms with E-state index in [1.54, 1.807) is 0 Å². The minimum Gasteiger partial charge on any atom is -0.374 e. The molecule has 1 fully saturated rings.